The number of anilines is 1. The van der Waals surface area contributed by atoms with Gasteiger partial charge in [-0.3, -0.25) is 14.9 Å². The summed E-state index contributed by atoms with van der Waals surface area (Å²) >= 11 is 5.05. The number of halogens is 1. The van der Waals surface area contributed by atoms with E-state index in [2.05, 4.69) is 16.0 Å². The Labute approximate surface area is 144 Å². The average molecular weight is 345 g/mol. The number of amides is 2. The van der Waals surface area contributed by atoms with Crippen molar-refractivity contribution in [2.75, 3.05) is 11.9 Å². The minimum atomic E-state index is -0.648. The van der Waals surface area contributed by atoms with Crippen molar-refractivity contribution in [3.05, 3.63) is 65.5 Å². The van der Waals surface area contributed by atoms with Crippen LogP contribution in [0.15, 0.2) is 48.5 Å². The Balaban J connectivity index is 2.02. The van der Waals surface area contributed by atoms with Crippen LogP contribution < -0.4 is 16.0 Å². The highest BCUT2D eigenvalue weighted by atomic mass is 32.1. The third kappa shape index (κ3) is 4.60. The first-order chi connectivity index (χ1) is 11.5. The summed E-state index contributed by atoms with van der Waals surface area (Å²) in [7, 11) is 0. The predicted octanol–water partition coefficient (Wildman–Crippen LogP) is 2.70. The SMILES string of the molecule is CCNC(=O)c1cccc(NC(=S)NC(=O)c2ccccc2F)c1. The summed E-state index contributed by atoms with van der Waals surface area (Å²) in [5, 5.41) is 7.90. The molecule has 0 saturated heterocycles. The van der Waals surface area contributed by atoms with Gasteiger partial charge >= 0.3 is 0 Å². The molecule has 0 radical (unpaired) electrons. The van der Waals surface area contributed by atoms with Gasteiger partial charge in [0.05, 0.1) is 5.56 Å². The molecule has 7 heteroatoms. The number of carbonyl (C=O) groups excluding carboxylic acids is 2. The summed E-state index contributed by atoms with van der Waals surface area (Å²) < 4.78 is 13.6. The normalized spacial score (nSPS) is 9.92. The monoisotopic (exact) mass is 345 g/mol. The zero-order chi connectivity index (χ0) is 17.5. The third-order valence-electron chi connectivity index (χ3n) is 3.07. The van der Waals surface area contributed by atoms with Crippen LogP contribution in [-0.4, -0.2) is 23.5 Å². The minimum absolute atomic E-state index is 0.0105. The van der Waals surface area contributed by atoms with Gasteiger partial charge in [0.15, 0.2) is 5.11 Å². The van der Waals surface area contributed by atoms with E-state index in [0.717, 1.165) is 0 Å². The van der Waals surface area contributed by atoms with Crippen LogP contribution in [0.25, 0.3) is 0 Å². The molecule has 0 saturated carbocycles. The highest BCUT2D eigenvalue weighted by Gasteiger charge is 2.12. The smallest absolute Gasteiger partial charge is 0.260 e. The van der Waals surface area contributed by atoms with Gasteiger partial charge in [-0.05, 0) is 49.5 Å². The number of nitrogens with one attached hydrogen (secondary N) is 3. The summed E-state index contributed by atoms with van der Waals surface area (Å²) in [6.45, 7) is 2.35. The van der Waals surface area contributed by atoms with Gasteiger partial charge in [0.2, 0.25) is 0 Å². The molecule has 0 unspecified atom stereocenters. The molecule has 2 amide bonds. The van der Waals surface area contributed by atoms with Crippen molar-refractivity contribution in [2.24, 2.45) is 0 Å². The van der Waals surface area contributed by atoms with Crippen LogP contribution in [-0.2, 0) is 0 Å². The summed E-state index contributed by atoms with van der Waals surface area (Å²) in [6, 6.07) is 12.3. The van der Waals surface area contributed by atoms with Crippen molar-refractivity contribution < 1.29 is 14.0 Å². The Morgan fingerprint density at radius 1 is 1.08 bits per heavy atom. The average Bonchev–Trinajstić information content (AvgIpc) is 2.55. The fourth-order valence-electron chi connectivity index (χ4n) is 1.98. The zero-order valence-corrected chi connectivity index (χ0v) is 13.7. The van der Waals surface area contributed by atoms with Crippen LogP contribution in [0, 0.1) is 5.82 Å². The maximum atomic E-state index is 13.6. The first-order valence-corrected chi connectivity index (χ1v) is 7.67. The highest BCUT2D eigenvalue weighted by Crippen LogP contribution is 2.11. The van der Waals surface area contributed by atoms with Crippen LogP contribution in [0.4, 0.5) is 10.1 Å². The number of benzene rings is 2. The quantitative estimate of drug-likeness (QED) is 0.745. The lowest BCUT2D eigenvalue weighted by molar-refractivity contribution is 0.0952. The van der Waals surface area contributed by atoms with Crippen LogP contribution in [0.5, 0.6) is 0 Å². The van der Waals surface area contributed by atoms with E-state index in [1.807, 2.05) is 6.92 Å². The molecule has 124 valence electrons. The molecule has 0 aliphatic rings. The van der Waals surface area contributed by atoms with E-state index in [1.54, 1.807) is 30.3 Å². The Morgan fingerprint density at radius 3 is 2.54 bits per heavy atom. The molecule has 5 nitrogen and oxygen atoms in total. The zero-order valence-electron chi connectivity index (χ0n) is 12.9. The Morgan fingerprint density at radius 2 is 1.83 bits per heavy atom. The molecule has 2 aromatic rings. The number of hydrogen-bond donors (Lipinski definition) is 3. The topological polar surface area (TPSA) is 70.2 Å². The van der Waals surface area contributed by atoms with E-state index < -0.39 is 11.7 Å². The van der Waals surface area contributed by atoms with E-state index in [4.69, 9.17) is 12.2 Å². The maximum absolute atomic E-state index is 13.6. The fourth-order valence-corrected chi connectivity index (χ4v) is 2.19. The lowest BCUT2D eigenvalue weighted by Gasteiger charge is -2.11. The summed E-state index contributed by atoms with van der Waals surface area (Å²) in [5.41, 5.74) is 0.903. The lowest BCUT2D eigenvalue weighted by Crippen LogP contribution is -2.34. The molecule has 0 bridgehead atoms. The van der Waals surface area contributed by atoms with Crippen LogP contribution in [0.1, 0.15) is 27.6 Å². The molecule has 0 aromatic heterocycles. The molecule has 0 spiro atoms. The van der Waals surface area contributed by atoms with Gasteiger partial charge in [-0.1, -0.05) is 18.2 Å². The van der Waals surface area contributed by atoms with Crippen molar-refractivity contribution in [3.8, 4) is 0 Å². The second-order valence-electron chi connectivity index (χ2n) is 4.83. The van der Waals surface area contributed by atoms with Crippen LogP contribution in [0.3, 0.4) is 0 Å². The number of rotatable bonds is 4. The Bertz CT molecular complexity index is 780. The predicted molar refractivity (Wildman–Crippen MR) is 94.5 cm³/mol. The largest absolute Gasteiger partial charge is 0.352 e. The number of carbonyl (C=O) groups is 2. The van der Waals surface area contributed by atoms with Gasteiger partial charge in [-0.25, -0.2) is 4.39 Å². The fraction of sp³-hybridized carbons (Fsp3) is 0.118. The van der Waals surface area contributed by atoms with Crippen molar-refractivity contribution in [2.45, 2.75) is 6.92 Å². The number of thiocarbonyl (C=S) groups is 1. The first kappa shape index (κ1) is 17.6. The molecule has 2 rings (SSSR count). The molecular weight excluding hydrogens is 329 g/mol. The maximum Gasteiger partial charge on any atom is 0.260 e. The van der Waals surface area contributed by atoms with E-state index in [1.165, 1.54) is 18.2 Å². The van der Waals surface area contributed by atoms with Gasteiger partial charge in [0, 0.05) is 17.8 Å². The summed E-state index contributed by atoms with van der Waals surface area (Å²) in [5.74, 6) is -1.48. The molecule has 24 heavy (non-hydrogen) atoms. The molecule has 0 atom stereocenters. The summed E-state index contributed by atoms with van der Waals surface area (Å²) in [6.07, 6.45) is 0. The standard InChI is InChI=1S/C17H16FN3O2S/c1-2-19-15(22)11-6-5-7-12(10-11)20-17(24)21-16(23)13-8-3-4-9-14(13)18/h3-10H,2H2,1H3,(H,19,22)(H2,20,21,23,24). The van der Waals surface area contributed by atoms with Crippen LogP contribution in [0.2, 0.25) is 0 Å². The van der Waals surface area contributed by atoms with Crippen molar-refractivity contribution in [1.82, 2.24) is 10.6 Å². The lowest BCUT2D eigenvalue weighted by atomic mass is 10.2. The van der Waals surface area contributed by atoms with Gasteiger partial charge in [0.25, 0.3) is 11.8 Å². The molecule has 0 heterocycles. The highest BCUT2D eigenvalue weighted by molar-refractivity contribution is 7.80. The molecule has 3 N–H and O–H groups in total. The van der Waals surface area contributed by atoms with Gasteiger partial charge in [-0.2, -0.15) is 0 Å². The Kier molecular flexibility index (Phi) is 5.97. The van der Waals surface area contributed by atoms with Gasteiger partial charge < -0.3 is 10.6 Å². The minimum Gasteiger partial charge on any atom is -0.352 e. The molecule has 0 aliphatic carbocycles. The first-order valence-electron chi connectivity index (χ1n) is 7.26. The van der Waals surface area contributed by atoms with Crippen molar-refractivity contribution >= 4 is 34.8 Å². The molecule has 0 fully saturated rings. The molecular formula is C17H16FN3O2S. The second-order valence-corrected chi connectivity index (χ2v) is 5.24. The van der Waals surface area contributed by atoms with Crippen LogP contribution >= 0.6 is 12.2 Å². The Hall–Kier alpha value is -2.80. The molecule has 0 aliphatic heterocycles. The van der Waals surface area contributed by atoms with E-state index in [0.29, 0.717) is 17.8 Å². The van der Waals surface area contributed by atoms with E-state index in [-0.39, 0.29) is 16.6 Å². The van der Waals surface area contributed by atoms with Gasteiger partial charge in [0.1, 0.15) is 5.82 Å². The summed E-state index contributed by atoms with van der Waals surface area (Å²) in [4.78, 5) is 23.8. The van der Waals surface area contributed by atoms with Gasteiger partial charge in [-0.15, -0.1) is 0 Å². The third-order valence-corrected chi connectivity index (χ3v) is 3.27. The molecule has 2 aromatic carbocycles. The second kappa shape index (κ2) is 8.16. The van der Waals surface area contributed by atoms with E-state index in [9.17, 15) is 14.0 Å². The van der Waals surface area contributed by atoms with Crippen molar-refractivity contribution in [3.63, 3.8) is 0 Å². The van der Waals surface area contributed by atoms with Crippen molar-refractivity contribution in [1.29, 1.82) is 0 Å². The van der Waals surface area contributed by atoms with E-state index >= 15 is 0 Å². The number of hydrogen-bond acceptors (Lipinski definition) is 3.